The summed E-state index contributed by atoms with van der Waals surface area (Å²) in [5, 5.41) is 15.0. The number of benzene rings is 2. The molecule has 10 heteroatoms. The molecule has 1 aliphatic heterocycles. The van der Waals surface area contributed by atoms with Crippen LogP contribution in [0.2, 0.25) is 0 Å². The van der Waals surface area contributed by atoms with Crippen LogP contribution in [-0.4, -0.2) is 52.9 Å². The molecule has 0 aliphatic carbocycles. The van der Waals surface area contributed by atoms with Gasteiger partial charge in [-0.2, -0.15) is 0 Å². The van der Waals surface area contributed by atoms with Gasteiger partial charge >= 0.3 is 0 Å². The minimum atomic E-state index is -0.0882. The first-order valence-electron chi connectivity index (χ1n) is 10.6. The molecular formula is C23H25N5O3S2. The lowest BCUT2D eigenvalue weighted by atomic mass is 10.1. The van der Waals surface area contributed by atoms with Gasteiger partial charge in [-0.15, -0.1) is 10.2 Å². The molecule has 0 bridgehead atoms. The van der Waals surface area contributed by atoms with Gasteiger partial charge in [-0.1, -0.05) is 41.3 Å². The van der Waals surface area contributed by atoms with Gasteiger partial charge in [-0.25, -0.2) is 0 Å². The second-order valence-electron chi connectivity index (χ2n) is 7.49. The molecule has 0 radical (unpaired) electrons. The third-order valence-corrected chi connectivity index (χ3v) is 7.11. The molecule has 33 heavy (non-hydrogen) atoms. The Kier molecular flexibility index (Phi) is 7.79. The largest absolute Gasteiger partial charge is 0.497 e. The highest BCUT2D eigenvalue weighted by Crippen LogP contribution is 2.28. The molecule has 0 atom stereocenters. The van der Waals surface area contributed by atoms with Gasteiger partial charge in [0.05, 0.1) is 12.9 Å². The third-order valence-electron chi connectivity index (χ3n) is 5.14. The first-order chi connectivity index (χ1) is 16.1. The average molecular weight is 484 g/mol. The smallest absolute Gasteiger partial charge is 0.253 e. The van der Waals surface area contributed by atoms with Gasteiger partial charge in [0.25, 0.3) is 5.91 Å². The highest BCUT2D eigenvalue weighted by Gasteiger charge is 2.19. The number of likely N-dealkylation sites (tertiary alicyclic amines) is 1. The third kappa shape index (κ3) is 6.45. The van der Waals surface area contributed by atoms with Crippen LogP contribution in [0.4, 0.5) is 10.8 Å². The molecule has 2 amide bonds. The van der Waals surface area contributed by atoms with Gasteiger partial charge in [-0.3, -0.25) is 9.59 Å². The van der Waals surface area contributed by atoms with Crippen molar-refractivity contribution < 1.29 is 14.3 Å². The Balaban J connectivity index is 1.21. The molecule has 0 unspecified atom stereocenters. The molecule has 0 saturated carbocycles. The predicted octanol–water partition coefficient (Wildman–Crippen LogP) is 3.93. The number of nitrogens with zero attached hydrogens (tertiary/aromatic N) is 3. The monoisotopic (exact) mass is 483 g/mol. The second kappa shape index (κ2) is 11.2. The summed E-state index contributed by atoms with van der Waals surface area (Å²) in [4.78, 5) is 26.5. The normalized spacial score (nSPS) is 13.1. The van der Waals surface area contributed by atoms with E-state index in [-0.39, 0.29) is 17.6 Å². The topological polar surface area (TPSA) is 96.5 Å². The Morgan fingerprint density at radius 1 is 1.12 bits per heavy atom. The van der Waals surface area contributed by atoms with E-state index in [0.717, 1.165) is 42.9 Å². The summed E-state index contributed by atoms with van der Waals surface area (Å²) < 4.78 is 5.93. The number of rotatable bonds is 9. The molecule has 1 fully saturated rings. The van der Waals surface area contributed by atoms with Gasteiger partial charge in [-0.05, 0) is 42.7 Å². The van der Waals surface area contributed by atoms with E-state index in [1.54, 1.807) is 7.11 Å². The molecule has 1 aliphatic rings. The maximum atomic E-state index is 12.4. The van der Waals surface area contributed by atoms with E-state index in [1.165, 1.54) is 23.1 Å². The number of anilines is 2. The molecule has 2 heterocycles. The standard InChI is InChI=1S/C23H25N5O3S2/c1-31-19-6-4-5-18(13-19)25-22-26-27-23(33-22)32-15-20(29)24-14-16-7-9-17(10-8-16)21(30)28-11-2-3-12-28/h4-10,13H,2-3,11-12,14-15H2,1H3,(H,24,29)(H,25,26). The number of aromatic nitrogens is 2. The molecular weight excluding hydrogens is 458 g/mol. The van der Waals surface area contributed by atoms with Crippen LogP contribution in [0.25, 0.3) is 0 Å². The van der Waals surface area contributed by atoms with E-state index in [2.05, 4.69) is 20.8 Å². The summed E-state index contributed by atoms with van der Waals surface area (Å²) in [5.74, 6) is 0.995. The lowest BCUT2D eigenvalue weighted by Gasteiger charge is -2.15. The van der Waals surface area contributed by atoms with Crippen molar-refractivity contribution in [1.29, 1.82) is 0 Å². The van der Waals surface area contributed by atoms with Crippen molar-refractivity contribution in [1.82, 2.24) is 20.4 Å². The number of thioether (sulfide) groups is 1. The zero-order valence-electron chi connectivity index (χ0n) is 18.2. The lowest BCUT2D eigenvalue weighted by molar-refractivity contribution is -0.118. The van der Waals surface area contributed by atoms with E-state index in [1.807, 2.05) is 53.4 Å². The van der Waals surface area contributed by atoms with Crippen molar-refractivity contribution in [2.24, 2.45) is 0 Å². The first-order valence-corrected chi connectivity index (χ1v) is 12.4. The number of hydrogen-bond acceptors (Lipinski definition) is 8. The average Bonchev–Trinajstić information content (AvgIpc) is 3.54. The Bertz CT molecular complexity index is 1100. The fraction of sp³-hybridized carbons (Fsp3) is 0.304. The highest BCUT2D eigenvalue weighted by atomic mass is 32.2. The molecule has 4 rings (SSSR count). The number of hydrogen-bond donors (Lipinski definition) is 2. The predicted molar refractivity (Wildman–Crippen MR) is 130 cm³/mol. The molecule has 0 spiro atoms. The van der Waals surface area contributed by atoms with Crippen molar-refractivity contribution in [3.05, 3.63) is 59.7 Å². The molecule has 2 aromatic carbocycles. The van der Waals surface area contributed by atoms with Crippen molar-refractivity contribution in [2.75, 3.05) is 31.3 Å². The molecule has 2 N–H and O–H groups in total. The van der Waals surface area contributed by atoms with Gasteiger partial charge in [0.15, 0.2) is 4.34 Å². The maximum absolute atomic E-state index is 12.4. The van der Waals surface area contributed by atoms with Crippen molar-refractivity contribution in [3.8, 4) is 5.75 Å². The van der Waals surface area contributed by atoms with Crippen LogP contribution in [0.15, 0.2) is 52.9 Å². The number of ether oxygens (including phenoxy) is 1. The minimum Gasteiger partial charge on any atom is -0.497 e. The Morgan fingerprint density at radius 3 is 2.67 bits per heavy atom. The summed E-state index contributed by atoms with van der Waals surface area (Å²) in [6.45, 7) is 2.08. The summed E-state index contributed by atoms with van der Waals surface area (Å²) in [7, 11) is 1.62. The quantitative estimate of drug-likeness (QED) is 0.445. The second-order valence-corrected chi connectivity index (χ2v) is 9.69. The van der Waals surface area contributed by atoms with Crippen molar-refractivity contribution >= 4 is 45.7 Å². The van der Waals surface area contributed by atoms with Gasteiger partial charge < -0.3 is 20.3 Å². The SMILES string of the molecule is COc1cccc(Nc2nnc(SCC(=O)NCc3ccc(C(=O)N4CCCC4)cc3)s2)c1. The first kappa shape index (κ1) is 23.1. The van der Waals surface area contributed by atoms with E-state index >= 15 is 0 Å². The zero-order chi connectivity index (χ0) is 23.0. The molecule has 3 aromatic rings. The van der Waals surface area contributed by atoms with E-state index in [9.17, 15) is 9.59 Å². The number of carbonyl (C=O) groups excluding carboxylic acids is 2. The highest BCUT2D eigenvalue weighted by molar-refractivity contribution is 8.01. The number of amides is 2. The van der Waals surface area contributed by atoms with Crippen molar-refractivity contribution in [2.45, 2.75) is 23.7 Å². The van der Waals surface area contributed by atoms with E-state index in [4.69, 9.17) is 4.74 Å². The van der Waals surface area contributed by atoms with Crippen molar-refractivity contribution in [3.63, 3.8) is 0 Å². The van der Waals surface area contributed by atoms with Gasteiger partial charge in [0, 0.05) is 37.0 Å². The summed E-state index contributed by atoms with van der Waals surface area (Å²) in [6.07, 6.45) is 2.15. The summed E-state index contributed by atoms with van der Waals surface area (Å²) >= 11 is 2.73. The van der Waals surface area contributed by atoms with Crippen LogP contribution in [0, 0.1) is 0 Å². The molecule has 1 aromatic heterocycles. The van der Waals surface area contributed by atoms with Crippen LogP contribution < -0.4 is 15.4 Å². The van der Waals surface area contributed by atoms with Crippen LogP contribution in [0.5, 0.6) is 5.75 Å². The van der Waals surface area contributed by atoms with E-state index in [0.29, 0.717) is 21.6 Å². The fourth-order valence-electron chi connectivity index (χ4n) is 3.39. The molecule has 1 saturated heterocycles. The van der Waals surface area contributed by atoms with Crippen LogP contribution in [-0.2, 0) is 11.3 Å². The number of nitrogens with one attached hydrogen (secondary N) is 2. The zero-order valence-corrected chi connectivity index (χ0v) is 19.9. The maximum Gasteiger partial charge on any atom is 0.253 e. The fourth-order valence-corrected chi connectivity index (χ4v) is 4.99. The van der Waals surface area contributed by atoms with Gasteiger partial charge in [0.1, 0.15) is 5.75 Å². The number of methoxy groups -OCH3 is 1. The Hall–Kier alpha value is -3.11. The van der Waals surface area contributed by atoms with E-state index < -0.39 is 0 Å². The summed E-state index contributed by atoms with van der Waals surface area (Å²) in [6, 6.07) is 15.0. The van der Waals surface area contributed by atoms with Crippen LogP contribution in [0.3, 0.4) is 0 Å². The van der Waals surface area contributed by atoms with Crippen LogP contribution in [0.1, 0.15) is 28.8 Å². The number of carbonyl (C=O) groups is 2. The molecule has 172 valence electrons. The Labute approximate surface area is 200 Å². The van der Waals surface area contributed by atoms with Gasteiger partial charge in [0.2, 0.25) is 11.0 Å². The Morgan fingerprint density at radius 2 is 1.91 bits per heavy atom. The summed E-state index contributed by atoms with van der Waals surface area (Å²) in [5.41, 5.74) is 2.50. The molecule has 8 nitrogen and oxygen atoms in total. The van der Waals surface area contributed by atoms with Crippen LogP contribution >= 0.6 is 23.1 Å². The minimum absolute atomic E-state index is 0.0804. The lowest BCUT2D eigenvalue weighted by Crippen LogP contribution is -2.27.